The van der Waals surface area contributed by atoms with E-state index < -0.39 is 12.1 Å². The number of hydrogen-bond acceptors (Lipinski definition) is 3. The first-order valence-corrected chi connectivity index (χ1v) is 17.4. The lowest BCUT2D eigenvalue weighted by Gasteiger charge is -2.19. The molecular weight excluding hydrogens is 506 g/mol. The van der Waals surface area contributed by atoms with Crippen LogP contribution in [-0.4, -0.2) is 34.9 Å². The number of allylic oxidation sites excluding steroid dienone is 7. The Labute approximate surface area is 254 Å². The molecule has 0 spiro atoms. The summed E-state index contributed by atoms with van der Waals surface area (Å²) in [7, 11) is 0. The number of aliphatic hydroxyl groups excluding tert-OH is 2. The Balaban J connectivity index is 3.64. The van der Waals surface area contributed by atoms with Gasteiger partial charge < -0.3 is 15.5 Å². The van der Waals surface area contributed by atoms with Crippen LogP contribution in [0.4, 0.5) is 0 Å². The molecule has 0 aliphatic rings. The second-order valence-corrected chi connectivity index (χ2v) is 11.5. The Bertz CT molecular complexity index is 667. The predicted molar refractivity (Wildman–Crippen MR) is 179 cm³/mol. The quantitative estimate of drug-likeness (QED) is 0.0591. The molecule has 2 atom stereocenters. The van der Waals surface area contributed by atoms with Crippen LogP contribution in [-0.2, 0) is 4.79 Å². The molecule has 0 aromatic carbocycles. The summed E-state index contributed by atoms with van der Waals surface area (Å²) in [6.45, 7) is 4.15. The number of amides is 1. The summed E-state index contributed by atoms with van der Waals surface area (Å²) in [5, 5.41) is 22.7. The van der Waals surface area contributed by atoms with E-state index in [1.165, 1.54) is 96.3 Å². The Morgan fingerprint density at radius 3 is 1.54 bits per heavy atom. The fourth-order valence-electron chi connectivity index (χ4n) is 4.86. The summed E-state index contributed by atoms with van der Waals surface area (Å²) >= 11 is 0. The van der Waals surface area contributed by atoms with Crippen LogP contribution < -0.4 is 5.32 Å². The second kappa shape index (κ2) is 32.9. The molecule has 0 fully saturated rings. The average molecular weight is 574 g/mol. The maximum absolute atomic E-state index is 12.3. The highest BCUT2D eigenvalue weighted by Crippen LogP contribution is 2.12. The van der Waals surface area contributed by atoms with Gasteiger partial charge in [-0.15, -0.1) is 0 Å². The fourth-order valence-corrected chi connectivity index (χ4v) is 4.86. The molecule has 0 aromatic heterocycles. The van der Waals surface area contributed by atoms with Crippen LogP contribution in [0.25, 0.3) is 0 Å². The minimum atomic E-state index is -0.867. The van der Waals surface area contributed by atoms with Crippen molar-refractivity contribution < 1.29 is 15.0 Å². The molecule has 3 N–H and O–H groups in total. The molecule has 2 unspecified atom stereocenters. The number of carbonyl (C=O) groups excluding carboxylic acids is 1. The molecule has 4 heteroatoms. The average Bonchev–Trinajstić information content (AvgIpc) is 2.97. The summed E-state index contributed by atoms with van der Waals surface area (Å²) in [6, 6.07) is -0.643. The van der Waals surface area contributed by atoms with Gasteiger partial charge in [-0.2, -0.15) is 0 Å². The molecule has 4 nitrogen and oxygen atoms in total. The van der Waals surface area contributed by atoms with Crippen LogP contribution in [0.5, 0.6) is 0 Å². The van der Waals surface area contributed by atoms with Crippen molar-refractivity contribution in [2.75, 3.05) is 6.61 Å². The highest BCUT2D eigenvalue weighted by atomic mass is 16.3. The minimum Gasteiger partial charge on any atom is -0.394 e. The van der Waals surface area contributed by atoms with E-state index >= 15 is 0 Å². The van der Waals surface area contributed by atoms with E-state index in [-0.39, 0.29) is 12.5 Å². The Morgan fingerprint density at radius 2 is 1.02 bits per heavy atom. The van der Waals surface area contributed by atoms with Gasteiger partial charge in [0.25, 0.3) is 0 Å². The summed E-state index contributed by atoms with van der Waals surface area (Å²) in [6.07, 6.45) is 43.4. The molecule has 0 saturated carbocycles. The van der Waals surface area contributed by atoms with E-state index in [0.29, 0.717) is 6.42 Å². The minimum absolute atomic E-state index is 0.0856. The third-order valence-corrected chi connectivity index (χ3v) is 7.52. The normalized spacial score (nSPS) is 13.8. The zero-order valence-electron chi connectivity index (χ0n) is 27.0. The molecule has 0 saturated heterocycles. The van der Waals surface area contributed by atoms with Crippen molar-refractivity contribution in [2.45, 2.75) is 174 Å². The SMILES string of the molecule is CC/C=C/CC/C=C/CC/C=C/C(O)C(CO)NC(=O)CCCCCCCCCCC/C=C\CCCCCCCC. The molecule has 0 radical (unpaired) electrons. The highest BCUT2D eigenvalue weighted by molar-refractivity contribution is 5.76. The summed E-state index contributed by atoms with van der Waals surface area (Å²) in [5.41, 5.74) is 0. The monoisotopic (exact) mass is 574 g/mol. The fraction of sp³-hybridized carbons (Fsp3) is 0.757. The number of carbonyl (C=O) groups is 1. The van der Waals surface area contributed by atoms with Crippen molar-refractivity contribution in [1.82, 2.24) is 5.32 Å². The smallest absolute Gasteiger partial charge is 0.220 e. The van der Waals surface area contributed by atoms with Gasteiger partial charge in [-0.3, -0.25) is 4.79 Å². The van der Waals surface area contributed by atoms with Crippen LogP contribution in [0.2, 0.25) is 0 Å². The van der Waals surface area contributed by atoms with Crippen LogP contribution >= 0.6 is 0 Å². The van der Waals surface area contributed by atoms with Crippen molar-refractivity contribution >= 4 is 5.91 Å². The summed E-state index contributed by atoms with van der Waals surface area (Å²) in [5.74, 6) is -0.0856. The first-order valence-electron chi connectivity index (χ1n) is 17.4. The first kappa shape index (κ1) is 39.4. The molecule has 0 bridgehead atoms. The maximum Gasteiger partial charge on any atom is 0.220 e. The molecular formula is C37H67NO3. The van der Waals surface area contributed by atoms with Crippen molar-refractivity contribution in [1.29, 1.82) is 0 Å². The lowest BCUT2D eigenvalue weighted by Crippen LogP contribution is -2.45. The highest BCUT2D eigenvalue weighted by Gasteiger charge is 2.17. The Hall–Kier alpha value is -1.65. The van der Waals surface area contributed by atoms with Gasteiger partial charge in [0.15, 0.2) is 0 Å². The molecule has 0 aliphatic carbocycles. The van der Waals surface area contributed by atoms with Crippen molar-refractivity contribution in [2.24, 2.45) is 0 Å². The first-order chi connectivity index (χ1) is 20.2. The van der Waals surface area contributed by atoms with Crippen molar-refractivity contribution in [3.63, 3.8) is 0 Å². The molecule has 41 heavy (non-hydrogen) atoms. The van der Waals surface area contributed by atoms with Gasteiger partial charge in [-0.05, 0) is 64.2 Å². The molecule has 0 rings (SSSR count). The Kier molecular flexibility index (Phi) is 31.5. The van der Waals surface area contributed by atoms with Crippen LogP contribution in [0, 0.1) is 0 Å². The van der Waals surface area contributed by atoms with Gasteiger partial charge in [-0.25, -0.2) is 0 Å². The third-order valence-electron chi connectivity index (χ3n) is 7.52. The van der Waals surface area contributed by atoms with Crippen LogP contribution in [0.15, 0.2) is 48.6 Å². The molecule has 0 heterocycles. The lowest BCUT2D eigenvalue weighted by molar-refractivity contribution is -0.123. The van der Waals surface area contributed by atoms with E-state index in [2.05, 4.69) is 55.6 Å². The van der Waals surface area contributed by atoms with Crippen LogP contribution in [0.1, 0.15) is 162 Å². The van der Waals surface area contributed by atoms with E-state index in [1.807, 2.05) is 6.08 Å². The molecule has 0 aliphatic heterocycles. The van der Waals surface area contributed by atoms with Gasteiger partial charge in [-0.1, -0.05) is 140 Å². The van der Waals surface area contributed by atoms with Gasteiger partial charge in [0.2, 0.25) is 5.91 Å². The maximum atomic E-state index is 12.3. The number of unbranched alkanes of at least 4 members (excludes halogenated alkanes) is 17. The van der Waals surface area contributed by atoms with Crippen molar-refractivity contribution in [3.8, 4) is 0 Å². The second-order valence-electron chi connectivity index (χ2n) is 11.5. The van der Waals surface area contributed by atoms with E-state index in [9.17, 15) is 15.0 Å². The van der Waals surface area contributed by atoms with E-state index in [0.717, 1.165) is 44.9 Å². The summed E-state index contributed by atoms with van der Waals surface area (Å²) in [4.78, 5) is 12.3. The van der Waals surface area contributed by atoms with Gasteiger partial charge in [0, 0.05) is 6.42 Å². The van der Waals surface area contributed by atoms with Gasteiger partial charge in [0.1, 0.15) is 0 Å². The van der Waals surface area contributed by atoms with Crippen molar-refractivity contribution in [3.05, 3.63) is 48.6 Å². The standard InChI is InChI=1S/C37H67NO3/c1-3-5-7-9-11-13-15-16-17-18-19-20-21-22-23-25-27-29-31-33-37(41)38-35(34-39)36(40)32-30-28-26-24-14-12-10-8-6-4-2/h6,8,14,16-17,24,30,32,35-36,39-40H,3-5,7,9-13,15,18-23,25-29,31,33-34H2,1-2H3,(H,38,41)/b8-6+,17-16-,24-14+,32-30+. The van der Waals surface area contributed by atoms with Gasteiger partial charge in [0.05, 0.1) is 18.8 Å². The molecule has 1 amide bonds. The lowest BCUT2D eigenvalue weighted by atomic mass is 10.0. The molecule has 0 aromatic rings. The Morgan fingerprint density at radius 1 is 0.585 bits per heavy atom. The molecule has 238 valence electrons. The van der Waals surface area contributed by atoms with Crippen LogP contribution in [0.3, 0.4) is 0 Å². The third kappa shape index (κ3) is 29.6. The largest absolute Gasteiger partial charge is 0.394 e. The van der Waals surface area contributed by atoms with Gasteiger partial charge >= 0.3 is 0 Å². The number of aliphatic hydroxyl groups is 2. The summed E-state index contributed by atoms with van der Waals surface area (Å²) < 4.78 is 0. The van der Waals surface area contributed by atoms with E-state index in [1.54, 1.807) is 6.08 Å². The number of rotatable bonds is 30. The number of hydrogen-bond donors (Lipinski definition) is 3. The topological polar surface area (TPSA) is 69.6 Å². The zero-order chi connectivity index (χ0) is 30.1. The predicted octanol–water partition coefficient (Wildman–Crippen LogP) is 10.1. The zero-order valence-corrected chi connectivity index (χ0v) is 27.0. The van der Waals surface area contributed by atoms with E-state index in [4.69, 9.17) is 0 Å². The number of nitrogens with one attached hydrogen (secondary N) is 1.